The second-order valence-corrected chi connectivity index (χ2v) is 3.41. The Morgan fingerprint density at radius 3 is 2.60 bits per heavy atom. The highest BCUT2D eigenvalue weighted by atomic mass is 16.5. The molecule has 1 amide bonds. The molecule has 0 saturated carbocycles. The molecule has 0 aliphatic carbocycles. The number of ether oxygens (including phenoxy) is 1. The summed E-state index contributed by atoms with van der Waals surface area (Å²) in [7, 11) is 0. The predicted molar refractivity (Wildman–Crippen MR) is 55.5 cm³/mol. The molecule has 0 aliphatic heterocycles. The van der Waals surface area contributed by atoms with Gasteiger partial charge < -0.3 is 15.2 Å². The number of carboxylic acids is 1. The molecule has 5 nitrogen and oxygen atoms in total. The quantitative estimate of drug-likeness (QED) is 0.585. The molecule has 0 aromatic rings. The molecular formula is C10H19NO4. The Morgan fingerprint density at radius 2 is 2.07 bits per heavy atom. The minimum atomic E-state index is -0.905. The van der Waals surface area contributed by atoms with Gasteiger partial charge in [0.25, 0.3) is 0 Å². The van der Waals surface area contributed by atoms with E-state index in [4.69, 9.17) is 9.84 Å². The Kier molecular flexibility index (Phi) is 7.62. The van der Waals surface area contributed by atoms with Crippen LogP contribution >= 0.6 is 0 Å². The van der Waals surface area contributed by atoms with E-state index in [0.717, 1.165) is 6.42 Å². The van der Waals surface area contributed by atoms with Crippen LogP contribution in [0.4, 0.5) is 0 Å². The zero-order chi connectivity index (χ0) is 11.7. The van der Waals surface area contributed by atoms with E-state index in [1.165, 1.54) is 0 Å². The summed E-state index contributed by atoms with van der Waals surface area (Å²) in [5.41, 5.74) is 0. The summed E-state index contributed by atoms with van der Waals surface area (Å²) in [6, 6.07) is 0. The smallest absolute Gasteiger partial charge is 0.308 e. The lowest BCUT2D eigenvalue weighted by molar-refractivity contribution is -0.141. The Bertz CT molecular complexity index is 206. The number of carbonyl (C=O) groups is 2. The molecular weight excluding hydrogens is 198 g/mol. The van der Waals surface area contributed by atoms with Gasteiger partial charge in [-0.1, -0.05) is 13.8 Å². The number of nitrogens with one attached hydrogen (secondary N) is 1. The van der Waals surface area contributed by atoms with Crippen LogP contribution < -0.4 is 5.32 Å². The number of amides is 1. The van der Waals surface area contributed by atoms with Gasteiger partial charge >= 0.3 is 5.97 Å². The van der Waals surface area contributed by atoms with E-state index < -0.39 is 11.9 Å². The Labute approximate surface area is 89.8 Å². The van der Waals surface area contributed by atoms with Crippen LogP contribution in [-0.4, -0.2) is 36.7 Å². The van der Waals surface area contributed by atoms with Crippen LogP contribution in [0, 0.1) is 5.92 Å². The molecule has 0 aromatic carbocycles. The van der Waals surface area contributed by atoms with E-state index in [1.54, 1.807) is 6.92 Å². The first-order valence-corrected chi connectivity index (χ1v) is 5.15. The van der Waals surface area contributed by atoms with E-state index in [0.29, 0.717) is 13.2 Å². The molecule has 0 fully saturated rings. The van der Waals surface area contributed by atoms with Crippen molar-refractivity contribution in [2.75, 3.05) is 19.8 Å². The van der Waals surface area contributed by atoms with E-state index in [2.05, 4.69) is 5.32 Å². The number of hydrogen-bond acceptors (Lipinski definition) is 3. The number of rotatable bonds is 8. The van der Waals surface area contributed by atoms with Gasteiger partial charge in [0.05, 0.1) is 12.5 Å². The SMILES string of the molecule is CCCOCCC(=O)NCC(C)C(=O)O. The zero-order valence-electron chi connectivity index (χ0n) is 9.28. The van der Waals surface area contributed by atoms with Gasteiger partial charge in [-0.05, 0) is 6.42 Å². The predicted octanol–water partition coefficient (Wildman–Crippen LogP) is 0.640. The maximum absolute atomic E-state index is 11.1. The first-order valence-electron chi connectivity index (χ1n) is 5.15. The minimum absolute atomic E-state index is 0.167. The van der Waals surface area contributed by atoms with Crippen molar-refractivity contribution in [3.63, 3.8) is 0 Å². The van der Waals surface area contributed by atoms with Gasteiger partial charge in [-0.2, -0.15) is 0 Å². The van der Waals surface area contributed by atoms with Crippen molar-refractivity contribution in [1.29, 1.82) is 0 Å². The Balaban J connectivity index is 3.45. The zero-order valence-corrected chi connectivity index (χ0v) is 9.28. The van der Waals surface area contributed by atoms with Crippen molar-refractivity contribution >= 4 is 11.9 Å². The fourth-order valence-corrected chi connectivity index (χ4v) is 0.854. The number of carboxylic acid groups (broad SMARTS) is 1. The third-order valence-corrected chi connectivity index (χ3v) is 1.85. The maximum atomic E-state index is 11.1. The number of aliphatic carboxylic acids is 1. The highest BCUT2D eigenvalue weighted by Gasteiger charge is 2.11. The monoisotopic (exact) mass is 217 g/mol. The van der Waals surface area contributed by atoms with Gasteiger partial charge in [-0.25, -0.2) is 0 Å². The first kappa shape index (κ1) is 13.9. The van der Waals surface area contributed by atoms with Crippen molar-refractivity contribution in [1.82, 2.24) is 5.32 Å². The fraction of sp³-hybridized carbons (Fsp3) is 0.800. The lowest BCUT2D eigenvalue weighted by Gasteiger charge is -2.08. The number of carbonyl (C=O) groups excluding carboxylic acids is 1. The van der Waals surface area contributed by atoms with Gasteiger partial charge in [-0.15, -0.1) is 0 Å². The summed E-state index contributed by atoms with van der Waals surface area (Å²) < 4.78 is 5.13. The average molecular weight is 217 g/mol. The van der Waals surface area contributed by atoms with E-state index >= 15 is 0 Å². The van der Waals surface area contributed by atoms with Gasteiger partial charge in [0.15, 0.2) is 0 Å². The maximum Gasteiger partial charge on any atom is 0.308 e. The fourth-order valence-electron chi connectivity index (χ4n) is 0.854. The lowest BCUT2D eigenvalue weighted by atomic mass is 10.2. The van der Waals surface area contributed by atoms with Crippen LogP contribution in [0.1, 0.15) is 26.7 Å². The molecule has 0 bridgehead atoms. The van der Waals surface area contributed by atoms with Crippen molar-refractivity contribution in [3.05, 3.63) is 0 Å². The third kappa shape index (κ3) is 7.93. The van der Waals surface area contributed by atoms with Crippen molar-refractivity contribution < 1.29 is 19.4 Å². The van der Waals surface area contributed by atoms with Crippen molar-refractivity contribution in [2.24, 2.45) is 5.92 Å². The second-order valence-electron chi connectivity index (χ2n) is 3.41. The highest BCUT2D eigenvalue weighted by molar-refractivity contribution is 5.77. The minimum Gasteiger partial charge on any atom is -0.481 e. The summed E-state index contributed by atoms with van der Waals surface area (Å²) in [6.07, 6.45) is 1.21. The summed E-state index contributed by atoms with van der Waals surface area (Å²) in [4.78, 5) is 21.6. The molecule has 2 N–H and O–H groups in total. The van der Waals surface area contributed by atoms with E-state index in [-0.39, 0.29) is 18.9 Å². The molecule has 88 valence electrons. The van der Waals surface area contributed by atoms with Crippen LogP contribution in [-0.2, 0) is 14.3 Å². The van der Waals surface area contributed by atoms with Gasteiger partial charge in [0.2, 0.25) is 5.91 Å². The van der Waals surface area contributed by atoms with E-state index in [1.807, 2.05) is 6.92 Å². The van der Waals surface area contributed by atoms with Crippen molar-refractivity contribution in [2.45, 2.75) is 26.7 Å². The standard InChI is InChI=1S/C10H19NO4/c1-3-5-15-6-4-9(12)11-7-8(2)10(13)14/h8H,3-7H2,1-2H3,(H,11,12)(H,13,14). The molecule has 0 aromatic heterocycles. The molecule has 0 heterocycles. The molecule has 0 aliphatic rings. The largest absolute Gasteiger partial charge is 0.481 e. The first-order chi connectivity index (χ1) is 7.07. The Morgan fingerprint density at radius 1 is 1.40 bits per heavy atom. The highest BCUT2D eigenvalue weighted by Crippen LogP contribution is 1.92. The summed E-state index contributed by atoms with van der Waals surface area (Å²) >= 11 is 0. The Hall–Kier alpha value is -1.10. The molecule has 0 radical (unpaired) electrons. The number of hydrogen-bond donors (Lipinski definition) is 2. The van der Waals surface area contributed by atoms with Crippen LogP contribution in [0.5, 0.6) is 0 Å². The average Bonchev–Trinajstić information content (AvgIpc) is 2.20. The van der Waals surface area contributed by atoms with Crippen LogP contribution in [0.15, 0.2) is 0 Å². The van der Waals surface area contributed by atoms with Crippen molar-refractivity contribution in [3.8, 4) is 0 Å². The molecule has 0 rings (SSSR count). The molecule has 0 saturated heterocycles. The topological polar surface area (TPSA) is 75.6 Å². The molecule has 1 atom stereocenters. The normalized spacial score (nSPS) is 12.1. The van der Waals surface area contributed by atoms with Gasteiger partial charge in [0.1, 0.15) is 0 Å². The van der Waals surface area contributed by atoms with Crippen LogP contribution in [0.3, 0.4) is 0 Å². The molecule has 0 spiro atoms. The second kappa shape index (κ2) is 8.23. The molecule has 5 heteroatoms. The van der Waals surface area contributed by atoms with Gasteiger partial charge in [0, 0.05) is 19.6 Å². The summed E-state index contributed by atoms with van der Waals surface area (Å²) in [5.74, 6) is -1.62. The molecule has 1 unspecified atom stereocenters. The summed E-state index contributed by atoms with van der Waals surface area (Å²) in [5, 5.41) is 11.1. The lowest BCUT2D eigenvalue weighted by Crippen LogP contribution is -2.31. The van der Waals surface area contributed by atoms with E-state index in [9.17, 15) is 9.59 Å². The summed E-state index contributed by atoms with van der Waals surface area (Å²) in [6.45, 7) is 4.76. The van der Waals surface area contributed by atoms with Crippen LogP contribution in [0.2, 0.25) is 0 Å². The van der Waals surface area contributed by atoms with Gasteiger partial charge in [-0.3, -0.25) is 9.59 Å². The molecule has 15 heavy (non-hydrogen) atoms. The third-order valence-electron chi connectivity index (χ3n) is 1.85. The van der Waals surface area contributed by atoms with Crippen LogP contribution in [0.25, 0.3) is 0 Å².